The van der Waals surface area contributed by atoms with Gasteiger partial charge >= 0.3 is 6.03 Å². The zero-order chi connectivity index (χ0) is 7.78. The number of aliphatic hydroxyl groups is 1. The number of aliphatic hydroxyl groups excluding tert-OH is 1. The minimum atomic E-state index is -1.43. The van der Waals surface area contributed by atoms with Crippen LogP contribution in [0.1, 0.15) is 6.92 Å². The van der Waals surface area contributed by atoms with Gasteiger partial charge in [0.05, 0.1) is 0 Å². The minimum absolute atomic E-state index is 0.580. The highest BCUT2D eigenvalue weighted by Gasteiger charge is 2.43. The van der Waals surface area contributed by atoms with E-state index < -0.39 is 18.0 Å². The van der Waals surface area contributed by atoms with Crippen LogP contribution in [0.15, 0.2) is 0 Å². The van der Waals surface area contributed by atoms with Crippen LogP contribution < -0.4 is 10.6 Å². The van der Waals surface area contributed by atoms with Crippen molar-refractivity contribution in [2.75, 3.05) is 0 Å². The Balaban J connectivity index is 2.70. The van der Waals surface area contributed by atoms with Crippen LogP contribution in [-0.2, 0) is 4.89 Å². The highest BCUT2D eigenvalue weighted by molar-refractivity contribution is 5.77. The third-order valence-electron chi connectivity index (χ3n) is 1.34. The smallest absolute Gasteiger partial charge is 0.319 e. The number of urea groups is 1. The van der Waals surface area contributed by atoms with Crippen LogP contribution in [0.25, 0.3) is 0 Å². The van der Waals surface area contributed by atoms with Gasteiger partial charge in [-0.05, 0) is 6.92 Å². The van der Waals surface area contributed by atoms with Crippen molar-refractivity contribution in [3.8, 4) is 0 Å². The van der Waals surface area contributed by atoms with Gasteiger partial charge in [0.25, 0.3) is 0 Å². The maximum absolute atomic E-state index is 10.5. The van der Waals surface area contributed by atoms with E-state index in [9.17, 15) is 4.79 Å². The summed E-state index contributed by atoms with van der Waals surface area (Å²) in [5.74, 6) is 0. The first kappa shape index (κ1) is 7.26. The first-order valence-electron chi connectivity index (χ1n) is 2.68. The fourth-order valence-electron chi connectivity index (χ4n) is 0.665. The fraction of sp³-hybridized carbons (Fsp3) is 0.750. The predicted molar refractivity (Wildman–Crippen MR) is 29.8 cm³/mol. The third kappa shape index (κ3) is 0.919. The van der Waals surface area contributed by atoms with E-state index in [2.05, 4.69) is 15.5 Å². The second kappa shape index (κ2) is 2.08. The lowest BCUT2D eigenvalue weighted by atomic mass is 10.2. The Morgan fingerprint density at radius 2 is 2.40 bits per heavy atom. The molecule has 4 N–H and O–H groups in total. The zero-order valence-electron chi connectivity index (χ0n) is 5.29. The summed E-state index contributed by atoms with van der Waals surface area (Å²) in [4.78, 5) is 14.3. The van der Waals surface area contributed by atoms with Crippen molar-refractivity contribution in [1.29, 1.82) is 0 Å². The molecule has 1 heterocycles. The average Bonchev–Trinajstić information content (AvgIpc) is 2.09. The predicted octanol–water partition coefficient (Wildman–Crippen LogP) is -1.18. The van der Waals surface area contributed by atoms with E-state index in [0.29, 0.717) is 0 Å². The molecular weight excluding hydrogens is 140 g/mol. The van der Waals surface area contributed by atoms with Gasteiger partial charge in [-0.15, -0.1) is 0 Å². The highest BCUT2D eigenvalue weighted by Crippen LogP contribution is 2.12. The Labute approximate surface area is 56.7 Å². The number of carbonyl (C=O) groups excluding carboxylic acids is 1. The Kier molecular flexibility index (Phi) is 1.51. The van der Waals surface area contributed by atoms with Gasteiger partial charge in [-0.2, -0.15) is 0 Å². The Morgan fingerprint density at radius 1 is 1.80 bits per heavy atom. The number of hydrogen-bond donors (Lipinski definition) is 4. The molecule has 1 fully saturated rings. The van der Waals surface area contributed by atoms with Crippen LogP contribution in [-0.4, -0.2) is 28.3 Å². The molecule has 1 rings (SSSR count). The van der Waals surface area contributed by atoms with Gasteiger partial charge in [0.2, 0.25) is 5.72 Å². The van der Waals surface area contributed by atoms with Crippen LogP contribution in [0.4, 0.5) is 4.79 Å². The van der Waals surface area contributed by atoms with E-state index >= 15 is 0 Å². The number of amides is 2. The summed E-state index contributed by atoms with van der Waals surface area (Å²) in [5.41, 5.74) is -1.43. The second-order valence-electron chi connectivity index (χ2n) is 2.20. The summed E-state index contributed by atoms with van der Waals surface area (Å²) in [5, 5.41) is 21.4. The number of hydrogen-bond acceptors (Lipinski definition) is 4. The van der Waals surface area contributed by atoms with Gasteiger partial charge in [0.15, 0.2) is 6.23 Å². The molecule has 2 unspecified atom stereocenters. The average molecular weight is 148 g/mol. The molecule has 0 radical (unpaired) electrons. The molecule has 1 aliphatic heterocycles. The lowest BCUT2D eigenvalue weighted by Gasteiger charge is -2.21. The van der Waals surface area contributed by atoms with Crippen molar-refractivity contribution in [3.05, 3.63) is 0 Å². The van der Waals surface area contributed by atoms with E-state index in [1.807, 2.05) is 0 Å². The van der Waals surface area contributed by atoms with Crippen molar-refractivity contribution in [2.24, 2.45) is 0 Å². The van der Waals surface area contributed by atoms with Gasteiger partial charge in [-0.1, -0.05) is 0 Å². The van der Waals surface area contributed by atoms with Crippen LogP contribution in [0, 0.1) is 0 Å². The molecule has 0 aromatic carbocycles. The summed E-state index contributed by atoms with van der Waals surface area (Å²) in [6, 6.07) is -0.580. The van der Waals surface area contributed by atoms with Crippen LogP contribution in [0.2, 0.25) is 0 Å². The number of rotatable bonds is 1. The van der Waals surface area contributed by atoms with E-state index in [4.69, 9.17) is 10.4 Å². The summed E-state index contributed by atoms with van der Waals surface area (Å²) in [6.07, 6.45) is -1.23. The third-order valence-corrected chi connectivity index (χ3v) is 1.34. The first-order chi connectivity index (χ1) is 4.58. The van der Waals surface area contributed by atoms with Gasteiger partial charge in [0, 0.05) is 0 Å². The van der Waals surface area contributed by atoms with E-state index in [-0.39, 0.29) is 0 Å². The topological polar surface area (TPSA) is 90.8 Å². The van der Waals surface area contributed by atoms with Crippen molar-refractivity contribution in [2.45, 2.75) is 18.9 Å². The Bertz CT molecular complexity index is 161. The molecule has 0 aromatic heterocycles. The summed E-state index contributed by atoms with van der Waals surface area (Å²) in [7, 11) is 0. The van der Waals surface area contributed by atoms with Crippen molar-refractivity contribution >= 4 is 6.03 Å². The quantitative estimate of drug-likeness (QED) is 0.278. The molecule has 6 nitrogen and oxygen atoms in total. The molecule has 2 amide bonds. The summed E-state index contributed by atoms with van der Waals surface area (Å²) in [6.45, 7) is 1.33. The number of carbonyl (C=O) groups is 1. The van der Waals surface area contributed by atoms with Gasteiger partial charge in [0.1, 0.15) is 0 Å². The van der Waals surface area contributed by atoms with Crippen LogP contribution >= 0.6 is 0 Å². The normalized spacial score (nSPS) is 39.1. The highest BCUT2D eigenvalue weighted by atomic mass is 17.1. The lowest BCUT2D eigenvalue weighted by Crippen LogP contribution is -2.48. The van der Waals surface area contributed by atoms with Gasteiger partial charge in [-0.25, -0.2) is 14.9 Å². The van der Waals surface area contributed by atoms with E-state index in [0.717, 1.165) is 0 Å². The van der Waals surface area contributed by atoms with Gasteiger partial charge in [-0.3, -0.25) is 0 Å². The zero-order valence-corrected chi connectivity index (χ0v) is 5.29. The fourth-order valence-corrected chi connectivity index (χ4v) is 0.665. The number of nitrogens with one attached hydrogen (secondary N) is 2. The van der Waals surface area contributed by atoms with E-state index in [1.54, 1.807) is 0 Å². The molecule has 1 aliphatic rings. The minimum Gasteiger partial charge on any atom is -0.369 e. The van der Waals surface area contributed by atoms with E-state index in [1.165, 1.54) is 6.92 Å². The summed E-state index contributed by atoms with van der Waals surface area (Å²) >= 11 is 0. The van der Waals surface area contributed by atoms with Crippen LogP contribution in [0.5, 0.6) is 0 Å². The molecule has 0 saturated carbocycles. The molecular formula is C4H8N2O4. The van der Waals surface area contributed by atoms with Crippen molar-refractivity contribution in [1.82, 2.24) is 10.6 Å². The molecule has 2 atom stereocenters. The largest absolute Gasteiger partial charge is 0.369 e. The molecule has 0 bridgehead atoms. The van der Waals surface area contributed by atoms with Crippen molar-refractivity contribution in [3.63, 3.8) is 0 Å². The maximum atomic E-state index is 10.5. The monoisotopic (exact) mass is 148 g/mol. The molecule has 6 heteroatoms. The lowest BCUT2D eigenvalue weighted by molar-refractivity contribution is -0.340. The molecule has 0 spiro atoms. The molecule has 1 saturated heterocycles. The standard InChI is InChI=1S/C4H8N2O4/c1-4(10-9)2(7)5-3(8)6-4/h2,7,9H,1H3,(H2,5,6,8). The van der Waals surface area contributed by atoms with Crippen LogP contribution in [0.3, 0.4) is 0 Å². The van der Waals surface area contributed by atoms with Gasteiger partial charge < -0.3 is 15.7 Å². The molecule has 0 aliphatic carbocycles. The van der Waals surface area contributed by atoms with Crippen molar-refractivity contribution < 1.29 is 20.0 Å². The first-order valence-corrected chi connectivity index (χ1v) is 2.68. The Hall–Kier alpha value is -0.850. The summed E-state index contributed by atoms with van der Waals surface area (Å²) < 4.78 is 0. The SMILES string of the molecule is CC1(OO)NC(=O)NC1O. The maximum Gasteiger partial charge on any atom is 0.319 e. The Morgan fingerprint density at radius 3 is 2.60 bits per heavy atom. The second-order valence-corrected chi connectivity index (χ2v) is 2.20. The molecule has 10 heavy (non-hydrogen) atoms. The molecule has 0 aromatic rings. The molecule has 58 valence electrons.